The number of halogens is 3. The highest BCUT2D eigenvalue weighted by molar-refractivity contribution is 6.45. The molecule has 0 aliphatic carbocycles. The largest absolute Gasteiger partial charge is 0.361 e. The molecule has 0 radical (unpaired) electrons. The first-order valence-electron chi connectivity index (χ1n) is 4.84. The molecule has 2 aromatic rings. The van der Waals surface area contributed by atoms with Crippen LogP contribution in [0.25, 0.3) is 11.3 Å². The fourth-order valence-corrected chi connectivity index (χ4v) is 2.27. The van der Waals surface area contributed by atoms with E-state index >= 15 is 0 Å². The Kier molecular flexibility index (Phi) is 3.48. The molecule has 17 heavy (non-hydrogen) atoms. The Morgan fingerprint density at radius 1 is 1.18 bits per heavy atom. The molecule has 0 saturated carbocycles. The minimum absolute atomic E-state index is 0.0640. The molecule has 0 aliphatic heterocycles. The number of hydrogen-bond acceptors (Lipinski definition) is 1. The van der Waals surface area contributed by atoms with E-state index in [1.165, 1.54) is 6.07 Å². The highest BCUT2D eigenvalue weighted by Crippen LogP contribution is 2.36. The molecule has 1 heterocycles. The van der Waals surface area contributed by atoms with E-state index < -0.39 is 0 Å². The highest BCUT2D eigenvalue weighted by atomic mass is 35.5. The first kappa shape index (κ1) is 12.5. The molecule has 2 nitrogen and oxygen atoms in total. The molecule has 0 bridgehead atoms. The van der Waals surface area contributed by atoms with E-state index in [1.54, 1.807) is 25.3 Å². The van der Waals surface area contributed by atoms with Gasteiger partial charge in [-0.05, 0) is 19.1 Å². The second-order valence-corrected chi connectivity index (χ2v) is 4.81. The SMILES string of the molecule is Cc1c(-c2cc(Cl)cc(Cl)c2Cl)[nH]ccc1=O. The lowest BCUT2D eigenvalue weighted by Gasteiger charge is -2.09. The minimum Gasteiger partial charge on any atom is -0.361 e. The van der Waals surface area contributed by atoms with E-state index in [0.29, 0.717) is 31.9 Å². The van der Waals surface area contributed by atoms with Crippen molar-refractivity contribution in [1.82, 2.24) is 4.98 Å². The van der Waals surface area contributed by atoms with Crippen molar-refractivity contribution in [3.8, 4) is 11.3 Å². The van der Waals surface area contributed by atoms with Gasteiger partial charge < -0.3 is 4.98 Å². The molecule has 0 atom stereocenters. The Morgan fingerprint density at radius 3 is 2.59 bits per heavy atom. The van der Waals surface area contributed by atoms with Gasteiger partial charge in [0.2, 0.25) is 0 Å². The Bertz CT molecular complexity index is 634. The van der Waals surface area contributed by atoms with Crippen LogP contribution in [0, 0.1) is 6.92 Å². The third-order valence-electron chi connectivity index (χ3n) is 2.47. The molecule has 0 saturated heterocycles. The molecule has 0 spiro atoms. The van der Waals surface area contributed by atoms with Crippen LogP contribution in [-0.4, -0.2) is 4.98 Å². The maximum atomic E-state index is 11.6. The molecule has 1 N–H and O–H groups in total. The number of H-pyrrole nitrogens is 1. The summed E-state index contributed by atoms with van der Waals surface area (Å²) in [6.45, 7) is 1.72. The molecule has 0 amide bonds. The van der Waals surface area contributed by atoms with Gasteiger partial charge >= 0.3 is 0 Å². The van der Waals surface area contributed by atoms with Gasteiger partial charge in [-0.25, -0.2) is 0 Å². The van der Waals surface area contributed by atoms with Crippen LogP contribution in [0.15, 0.2) is 29.2 Å². The standard InChI is InChI=1S/C12H8Cl3NO/c1-6-10(17)2-3-16-12(6)8-4-7(13)5-9(14)11(8)15/h2-5H,1H3,(H,16,17). The monoisotopic (exact) mass is 287 g/mol. The smallest absolute Gasteiger partial charge is 0.185 e. The van der Waals surface area contributed by atoms with Crippen molar-refractivity contribution in [3.05, 3.63) is 55.3 Å². The first-order chi connectivity index (χ1) is 8.00. The Morgan fingerprint density at radius 2 is 1.88 bits per heavy atom. The summed E-state index contributed by atoms with van der Waals surface area (Å²) in [5, 5.41) is 1.21. The fourth-order valence-electron chi connectivity index (χ4n) is 1.57. The van der Waals surface area contributed by atoms with Gasteiger partial charge in [0.05, 0.1) is 15.7 Å². The summed E-state index contributed by atoms with van der Waals surface area (Å²) in [5.74, 6) is 0. The average Bonchev–Trinajstić information content (AvgIpc) is 2.27. The first-order valence-corrected chi connectivity index (χ1v) is 5.97. The Balaban J connectivity index is 2.77. The van der Waals surface area contributed by atoms with Crippen molar-refractivity contribution in [3.63, 3.8) is 0 Å². The van der Waals surface area contributed by atoms with Crippen LogP contribution in [0.2, 0.25) is 15.1 Å². The number of hydrogen-bond donors (Lipinski definition) is 1. The lowest BCUT2D eigenvalue weighted by Crippen LogP contribution is -2.06. The molecule has 5 heteroatoms. The predicted octanol–water partition coefficient (Wildman–Crippen LogP) is 4.31. The summed E-state index contributed by atoms with van der Waals surface area (Å²) >= 11 is 18.0. The molecule has 1 aromatic heterocycles. The summed E-state index contributed by atoms with van der Waals surface area (Å²) in [4.78, 5) is 14.6. The lowest BCUT2D eigenvalue weighted by atomic mass is 10.1. The van der Waals surface area contributed by atoms with Gasteiger partial charge in [-0.15, -0.1) is 0 Å². The number of benzene rings is 1. The maximum absolute atomic E-state index is 11.6. The van der Waals surface area contributed by atoms with Crippen LogP contribution < -0.4 is 5.43 Å². The van der Waals surface area contributed by atoms with Crippen LogP contribution in [0.1, 0.15) is 5.56 Å². The molecular formula is C12H8Cl3NO. The normalized spacial score (nSPS) is 10.6. The number of rotatable bonds is 1. The van der Waals surface area contributed by atoms with Crippen LogP contribution in [-0.2, 0) is 0 Å². The van der Waals surface area contributed by atoms with Crippen LogP contribution in [0.4, 0.5) is 0 Å². The van der Waals surface area contributed by atoms with Crippen molar-refractivity contribution >= 4 is 34.8 Å². The summed E-state index contributed by atoms with van der Waals surface area (Å²) in [6, 6.07) is 4.69. The van der Waals surface area contributed by atoms with E-state index in [-0.39, 0.29) is 5.43 Å². The number of pyridine rings is 1. The summed E-state index contributed by atoms with van der Waals surface area (Å²) < 4.78 is 0. The molecular weight excluding hydrogens is 280 g/mol. The van der Waals surface area contributed by atoms with Crippen LogP contribution in [0.3, 0.4) is 0 Å². The zero-order valence-electron chi connectivity index (χ0n) is 8.85. The fraction of sp³-hybridized carbons (Fsp3) is 0.0833. The van der Waals surface area contributed by atoms with Crippen molar-refractivity contribution in [2.24, 2.45) is 0 Å². The second kappa shape index (κ2) is 4.73. The van der Waals surface area contributed by atoms with Gasteiger partial charge in [0.15, 0.2) is 5.43 Å². The van der Waals surface area contributed by atoms with Crippen molar-refractivity contribution in [2.45, 2.75) is 6.92 Å². The molecule has 88 valence electrons. The third kappa shape index (κ3) is 2.34. The lowest BCUT2D eigenvalue weighted by molar-refractivity contribution is 1.24. The van der Waals surface area contributed by atoms with Gasteiger partial charge in [0, 0.05) is 28.4 Å². The topological polar surface area (TPSA) is 32.9 Å². The quantitative estimate of drug-likeness (QED) is 0.779. The zero-order valence-corrected chi connectivity index (χ0v) is 11.1. The molecule has 0 unspecified atom stereocenters. The van der Waals surface area contributed by atoms with Gasteiger partial charge in [-0.3, -0.25) is 4.79 Å². The van der Waals surface area contributed by atoms with E-state index in [4.69, 9.17) is 34.8 Å². The van der Waals surface area contributed by atoms with Gasteiger partial charge in [-0.2, -0.15) is 0 Å². The van der Waals surface area contributed by atoms with E-state index in [0.717, 1.165) is 0 Å². The molecule has 0 fully saturated rings. The van der Waals surface area contributed by atoms with E-state index in [1.807, 2.05) is 0 Å². The Labute approximate surface area is 113 Å². The molecule has 2 rings (SSSR count). The maximum Gasteiger partial charge on any atom is 0.185 e. The predicted molar refractivity (Wildman–Crippen MR) is 72.3 cm³/mol. The van der Waals surface area contributed by atoms with Gasteiger partial charge in [0.25, 0.3) is 0 Å². The highest BCUT2D eigenvalue weighted by Gasteiger charge is 2.12. The second-order valence-electron chi connectivity index (χ2n) is 3.59. The number of aromatic amines is 1. The van der Waals surface area contributed by atoms with Gasteiger partial charge in [-0.1, -0.05) is 34.8 Å². The third-order valence-corrected chi connectivity index (χ3v) is 3.49. The van der Waals surface area contributed by atoms with Crippen molar-refractivity contribution in [2.75, 3.05) is 0 Å². The summed E-state index contributed by atoms with van der Waals surface area (Å²) in [7, 11) is 0. The number of aromatic nitrogens is 1. The van der Waals surface area contributed by atoms with E-state index in [2.05, 4.69) is 4.98 Å². The van der Waals surface area contributed by atoms with E-state index in [9.17, 15) is 4.79 Å². The van der Waals surface area contributed by atoms with Crippen molar-refractivity contribution in [1.29, 1.82) is 0 Å². The zero-order chi connectivity index (χ0) is 12.6. The minimum atomic E-state index is -0.0640. The molecule has 0 aliphatic rings. The van der Waals surface area contributed by atoms with Crippen LogP contribution >= 0.6 is 34.8 Å². The van der Waals surface area contributed by atoms with Gasteiger partial charge in [0.1, 0.15) is 0 Å². The Hall–Kier alpha value is -0.960. The van der Waals surface area contributed by atoms with Crippen molar-refractivity contribution < 1.29 is 0 Å². The number of nitrogens with one attached hydrogen (secondary N) is 1. The summed E-state index contributed by atoms with van der Waals surface area (Å²) in [6.07, 6.45) is 1.57. The molecule has 1 aromatic carbocycles. The summed E-state index contributed by atoms with van der Waals surface area (Å²) in [5.41, 5.74) is 1.77. The average molecular weight is 289 g/mol. The van der Waals surface area contributed by atoms with Crippen LogP contribution in [0.5, 0.6) is 0 Å².